The van der Waals surface area contributed by atoms with Gasteiger partial charge in [-0.15, -0.1) is 0 Å². The largest absolute Gasteiger partial charge is 0.479 e. The number of hydrogen-bond donors (Lipinski definition) is 1. The first kappa shape index (κ1) is 14.1. The Labute approximate surface area is 123 Å². The molecular weight excluding hydrogens is 270 g/mol. The maximum Gasteiger partial charge on any atom is 0.332 e. The molecule has 2 aliphatic heterocycles. The molecule has 1 aromatic carbocycles. The number of carboxylic acid groups (broad SMARTS) is 1. The number of amides is 1. The summed E-state index contributed by atoms with van der Waals surface area (Å²) >= 11 is 0. The molecule has 3 rings (SSSR count). The number of anilines is 1. The number of hydrogen-bond acceptors (Lipinski definition) is 3. The summed E-state index contributed by atoms with van der Waals surface area (Å²) in [6.45, 7) is 2.67. The molecule has 1 saturated heterocycles. The van der Waals surface area contributed by atoms with Crippen molar-refractivity contribution in [3.05, 3.63) is 29.3 Å². The molecule has 1 fully saturated rings. The molecule has 0 aliphatic carbocycles. The lowest BCUT2D eigenvalue weighted by atomic mass is 9.97. The fourth-order valence-corrected chi connectivity index (χ4v) is 3.24. The van der Waals surface area contributed by atoms with E-state index >= 15 is 0 Å². The molecular formula is C16H19NO4. The van der Waals surface area contributed by atoms with E-state index in [1.54, 1.807) is 4.90 Å². The quantitative estimate of drug-likeness (QED) is 0.903. The van der Waals surface area contributed by atoms with Crippen LogP contribution in [0.3, 0.4) is 0 Å². The maximum absolute atomic E-state index is 12.7. The van der Waals surface area contributed by atoms with Crippen LogP contribution in [0.4, 0.5) is 5.69 Å². The van der Waals surface area contributed by atoms with E-state index < -0.39 is 18.2 Å². The van der Waals surface area contributed by atoms with Crippen molar-refractivity contribution in [2.45, 2.75) is 44.8 Å². The summed E-state index contributed by atoms with van der Waals surface area (Å²) in [5.41, 5.74) is 3.24. The number of aliphatic carboxylic acids is 1. The van der Waals surface area contributed by atoms with Gasteiger partial charge in [-0.3, -0.25) is 4.79 Å². The molecule has 0 spiro atoms. The number of carbonyl (C=O) groups excluding carboxylic acids is 1. The molecule has 2 atom stereocenters. The normalized spacial score (nSPS) is 24.7. The van der Waals surface area contributed by atoms with Gasteiger partial charge in [0.15, 0.2) is 6.10 Å². The van der Waals surface area contributed by atoms with Crippen LogP contribution in [0, 0.1) is 6.92 Å². The topological polar surface area (TPSA) is 66.8 Å². The number of para-hydroxylation sites is 1. The van der Waals surface area contributed by atoms with Crippen LogP contribution < -0.4 is 4.90 Å². The third-order valence-corrected chi connectivity index (χ3v) is 4.26. The Kier molecular flexibility index (Phi) is 3.68. The molecule has 0 aromatic heterocycles. The first-order valence-corrected chi connectivity index (χ1v) is 7.36. The predicted octanol–water partition coefficient (Wildman–Crippen LogP) is 1.91. The van der Waals surface area contributed by atoms with Crippen molar-refractivity contribution in [1.29, 1.82) is 0 Å². The Morgan fingerprint density at radius 2 is 2.05 bits per heavy atom. The predicted molar refractivity (Wildman–Crippen MR) is 77.4 cm³/mol. The first-order chi connectivity index (χ1) is 10.1. The minimum atomic E-state index is -0.986. The lowest BCUT2D eigenvalue weighted by Gasteiger charge is -2.32. The monoisotopic (exact) mass is 289 g/mol. The van der Waals surface area contributed by atoms with Crippen LogP contribution in [0.25, 0.3) is 0 Å². The molecule has 2 heterocycles. The Bertz CT molecular complexity index is 584. The van der Waals surface area contributed by atoms with Gasteiger partial charge in [0.1, 0.15) is 6.10 Å². The van der Waals surface area contributed by atoms with Gasteiger partial charge < -0.3 is 14.7 Å². The van der Waals surface area contributed by atoms with E-state index in [0.29, 0.717) is 19.4 Å². The van der Waals surface area contributed by atoms with Gasteiger partial charge in [0.2, 0.25) is 0 Å². The van der Waals surface area contributed by atoms with Gasteiger partial charge in [-0.2, -0.15) is 0 Å². The molecule has 21 heavy (non-hydrogen) atoms. The highest BCUT2D eigenvalue weighted by atomic mass is 16.5. The van der Waals surface area contributed by atoms with Gasteiger partial charge >= 0.3 is 5.97 Å². The summed E-state index contributed by atoms with van der Waals surface area (Å²) in [6, 6.07) is 6.06. The fraction of sp³-hybridized carbons (Fsp3) is 0.500. The van der Waals surface area contributed by atoms with Crippen molar-refractivity contribution in [1.82, 2.24) is 0 Å². The number of nitrogens with zero attached hydrogens (tertiary/aromatic N) is 1. The van der Waals surface area contributed by atoms with Gasteiger partial charge in [0.05, 0.1) is 0 Å². The van der Waals surface area contributed by atoms with E-state index in [1.807, 2.05) is 19.1 Å². The van der Waals surface area contributed by atoms with Gasteiger partial charge in [-0.1, -0.05) is 18.2 Å². The van der Waals surface area contributed by atoms with Gasteiger partial charge in [0.25, 0.3) is 5.91 Å². The zero-order valence-corrected chi connectivity index (χ0v) is 12.0. The molecule has 5 nitrogen and oxygen atoms in total. The Hall–Kier alpha value is -1.88. The highest BCUT2D eigenvalue weighted by Crippen LogP contribution is 2.32. The number of carboxylic acids is 1. The van der Waals surface area contributed by atoms with Crippen LogP contribution in [0.5, 0.6) is 0 Å². The van der Waals surface area contributed by atoms with E-state index in [2.05, 4.69) is 6.07 Å². The number of aryl methyl sites for hydroxylation is 2. The second-order valence-corrected chi connectivity index (χ2v) is 5.71. The standard InChI is InChI=1S/C16H19NO4/c1-10-4-2-5-11-6-3-9-17(14(10)11)15(18)12-7-8-13(21-12)16(19)20/h2,4-5,12-13H,3,6-9H2,1H3,(H,19,20). The van der Waals surface area contributed by atoms with Crippen molar-refractivity contribution in [2.24, 2.45) is 0 Å². The summed E-state index contributed by atoms with van der Waals surface area (Å²) in [4.78, 5) is 25.4. The lowest BCUT2D eigenvalue weighted by Crippen LogP contribution is -2.43. The molecule has 1 amide bonds. The van der Waals surface area contributed by atoms with Crippen LogP contribution in [0.15, 0.2) is 18.2 Å². The average Bonchev–Trinajstić information content (AvgIpc) is 2.96. The van der Waals surface area contributed by atoms with Crippen LogP contribution in [0.1, 0.15) is 30.4 Å². The average molecular weight is 289 g/mol. The highest BCUT2D eigenvalue weighted by molar-refractivity contribution is 5.98. The third kappa shape index (κ3) is 2.53. The SMILES string of the molecule is Cc1cccc2c1N(C(=O)C1CCC(C(=O)O)O1)CCC2. The smallest absolute Gasteiger partial charge is 0.332 e. The summed E-state index contributed by atoms with van der Waals surface area (Å²) in [7, 11) is 0. The van der Waals surface area contributed by atoms with Crippen LogP contribution in [-0.2, 0) is 20.7 Å². The third-order valence-electron chi connectivity index (χ3n) is 4.26. The summed E-state index contributed by atoms with van der Waals surface area (Å²) in [5, 5.41) is 8.98. The molecule has 112 valence electrons. The Morgan fingerprint density at radius 1 is 1.29 bits per heavy atom. The zero-order chi connectivity index (χ0) is 15.0. The van der Waals surface area contributed by atoms with Gasteiger partial charge in [0, 0.05) is 12.2 Å². The lowest BCUT2D eigenvalue weighted by molar-refractivity contribution is -0.151. The molecule has 5 heteroatoms. The molecule has 0 saturated carbocycles. The van der Waals surface area contributed by atoms with Crippen molar-refractivity contribution in [3.8, 4) is 0 Å². The molecule has 0 bridgehead atoms. The maximum atomic E-state index is 12.7. The van der Waals surface area contributed by atoms with Crippen LogP contribution >= 0.6 is 0 Å². The number of carbonyl (C=O) groups is 2. The summed E-state index contributed by atoms with van der Waals surface area (Å²) in [5.74, 6) is -1.09. The first-order valence-electron chi connectivity index (χ1n) is 7.36. The number of fused-ring (bicyclic) bond motifs is 1. The van der Waals surface area contributed by atoms with Crippen LogP contribution in [-0.4, -0.2) is 35.7 Å². The summed E-state index contributed by atoms with van der Waals surface area (Å²) in [6.07, 6.45) is 1.31. The van der Waals surface area contributed by atoms with E-state index in [0.717, 1.165) is 24.1 Å². The van der Waals surface area contributed by atoms with E-state index in [4.69, 9.17) is 9.84 Å². The van der Waals surface area contributed by atoms with Crippen molar-refractivity contribution in [3.63, 3.8) is 0 Å². The van der Waals surface area contributed by atoms with E-state index in [1.165, 1.54) is 5.56 Å². The Balaban J connectivity index is 1.83. The van der Waals surface area contributed by atoms with Crippen molar-refractivity contribution in [2.75, 3.05) is 11.4 Å². The molecule has 1 N–H and O–H groups in total. The molecule has 2 unspecified atom stereocenters. The zero-order valence-electron chi connectivity index (χ0n) is 12.0. The van der Waals surface area contributed by atoms with Crippen LogP contribution in [0.2, 0.25) is 0 Å². The van der Waals surface area contributed by atoms with E-state index in [-0.39, 0.29) is 5.91 Å². The van der Waals surface area contributed by atoms with Crippen molar-refractivity contribution < 1.29 is 19.4 Å². The molecule has 1 aromatic rings. The second-order valence-electron chi connectivity index (χ2n) is 5.71. The number of benzene rings is 1. The number of ether oxygens (including phenoxy) is 1. The van der Waals surface area contributed by atoms with Gasteiger partial charge in [-0.25, -0.2) is 4.79 Å². The minimum absolute atomic E-state index is 0.103. The highest BCUT2D eigenvalue weighted by Gasteiger charge is 2.38. The van der Waals surface area contributed by atoms with Gasteiger partial charge in [-0.05, 0) is 43.7 Å². The summed E-state index contributed by atoms with van der Waals surface area (Å²) < 4.78 is 5.40. The minimum Gasteiger partial charge on any atom is -0.479 e. The van der Waals surface area contributed by atoms with Crippen molar-refractivity contribution >= 4 is 17.6 Å². The van der Waals surface area contributed by atoms with E-state index in [9.17, 15) is 9.59 Å². The molecule has 2 aliphatic rings. The Morgan fingerprint density at radius 3 is 2.76 bits per heavy atom. The number of rotatable bonds is 2. The second kappa shape index (κ2) is 5.48. The molecule has 0 radical (unpaired) electrons. The fourth-order valence-electron chi connectivity index (χ4n) is 3.24.